The third kappa shape index (κ3) is 4.05. The number of fused-ring (bicyclic) bond motifs is 1. The van der Waals surface area contributed by atoms with Crippen LogP contribution in [0.1, 0.15) is 29.7 Å². The average Bonchev–Trinajstić information content (AvgIpc) is 3.62. The maximum atomic E-state index is 15.1. The second kappa shape index (κ2) is 9.78. The molecule has 4 aromatic rings. The minimum absolute atomic E-state index is 0.0130. The number of hydrogen-bond acceptors (Lipinski definition) is 4. The molecule has 3 aromatic heterocycles. The van der Waals surface area contributed by atoms with Gasteiger partial charge in [0, 0.05) is 68.2 Å². The maximum Gasteiger partial charge on any atom is 0.320 e. The van der Waals surface area contributed by atoms with Gasteiger partial charge in [-0.2, -0.15) is 0 Å². The van der Waals surface area contributed by atoms with Crippen LogP contribution < -0.4 is 10.6 Å². The number of amides is 3. The van der Waals surface area contributed by atoms with Crippen molar-refractivity contribution < 1.29 is 14.0 Å². The Morgan fingerprint density at radius 2 is 2.00 bits per heavy atom. The Morgan fingerprint density at radius 3 is 2.83 bits per heavy atom. The summed E-state index contributed by atoms with van der Waals surface area (Å²) in [6, 6.07) is 8.83. The van der Waals surface area contributed by atoms with Crippen molar-refractivity contribution in [3.8, 4) is 0 Å². The first kappa shape index (κ1) is 24.8. The van der Waals surface area contributed by atoms with Gasteiger partial charge >= 0.3 is 6.03 Å². The van der Waals surface area contributed by atoms with Gasteiger partial charge in [0.15, 0.2) is 0 Å². The minimum Gasteiger partial charge on any atom is -0.348 e. The van der Waals surface area contributed by atoms with Crippen molar-refractivity contribution in [2.75, 3.05) is 39.8 Å². The summed E-state index contributed by atoms with van der Waals surface area (Å²) in [5.41, 5.74) is 5.36. The van der Waals surface area contributed by atoms with Crippen molar-refractivity contribution in [3.05, 3.63) is 71.6 Å². The van der Waals surface area contributed by atoms with Crippen LogP contribution in [-0.4, -0.2) is 75.5 Å². The molecular formula is C30H32FN7O2. The van der Waals surface area contributed by atoms with Crippen LogP contribution >= 0.6 is 0 Å². The second-order valence-electron chi connectivity index (χ2n) is 11.0. The van der Waals surface area contributed by atoms with Crippen LogP contribution in [0.2, 0.25) is 0 Å². The molecule has 0 spiro atoms. The van der Waals surface area contributed by atoms with Gasteiger partial charge in [0.25, 0.3) is 5.91 Å². The number of halogens is 1. The molecule has 3 amide bonds. The zero-order valence-electron chi connectivity index (χ0n) is 22.5. The Bertz CT molecular complexity index is 1680. The summed E-state index contributed by atoms with van der Waals surface area (Å²) in [7, 11) is 1.96. The fraction of sp³-hybridized carbons (Fsp3) is 0.367. The smallest absolute Gasteiger partial charge is 0.320 e. The Morgan fingerprint density at radius 1 is 1.15 bits per heavy atom. The van der Waals surface area contributed by atoms with Gasteiger partial charge in [0.1, 0.15) is 11.5 Å². The lowest BCUT2D eigenvalue weighted by atomic mass is 9.97. The van der Waals surface area contributed by atoms with Crippen LogP contribution in [0.4, 0.5) is 9.18 Å². The lowest BCUT2D eigenvalue weighted by Crippen LogP contribution is -2.47. The van der Waals surface area contributed by atoms with E-state index in [-0.39, 0.29) is 17.8 Å². The van der Waals surface area contributed by atoms with Crippen molar-refractivity contribution in [1.82, 2.24) is 34.4 Å². The van der Waals surface area contributed by atoms with E-state index in [0.717, 1.165) is 60.5 Å². The predicted octanol–water partition coefficient (Wildman–Crippen LogP) is 3.34. The molecule has 7 rings (SSSR count). The van der Waals surface area contributed by atoms with Crippen LogP contribution in [0.15, 0.2) is 48.9 Å². The topological polar surface area (TPSA) is 86.9 Å². The SMILES string of the molecule is CNCC1CCN(C(=O)N2CCn3cc(C4=C(c5cnc6ccccn56)CNC4=O)c4cc(F)cc(c43)C2)CC1. The number of pyridine rings is 1. The second-order valence-corrected chi connectivity index (χ2v) is 11.0. The van der Waals surface area contributed by atoms with E-state index in [1.54, 1.807) is 6.20 Å². The standard InChI is InChI=1S/C30H32FN7O2/c1-32-14-19-5-8-35(9-6-19)30(40)37-11-10-36-18-24(22-13-21(31)12-20(17-37)28(22)36)27-23(15-34-29(27)39)25-16-33-26-4-2-3-7-38(25)26/h2-4,7,12-13,16,18-19,32H,5-6,8-11,14-15,17H2,1H3,(H,34,39). The summed E-state index contributed by atoms with van der Waals surface area (Å²) in [6.45, 7) is 4.24. The molecule has 206 valence electrons. The van der Waals surface area contributed by atoms with E-state index >= 15 is 4.39 Å². The monoisotopic (exact) mass is 541 g/mol. The number of hydrogen-bond donors (Lipinski definition) is 2. The van der Waals surface area contributed by atoms with Crippen LogP contribution in [-0.2, 0) is 17.9 Å². The molecule has 6 heterocycles. The zero-order chi connectivity index (χ0) is 27.4. The van der Waals surface area contributed by atoms with E-state index in [1.165, 1.54) is 12.1 Å². The Kier molecular flexibility index (Phi) is 6.07. The van der Waals surface area contributed by atoms with E-state index in [0.29, 0.717) is 48.6 Å². The summed E-state index contributed by atoms with van der Waals surface area (Å²) in [6.07, 6.45) is 7.64. The molecule has 0 aliphatic carbocycles. The van der Waals surface area contributed by atoms with Gasteiger partial charge in [-0.3, -0.25) is 9.20 Å². The van der Waals surface area contributed by atoms with Gasteiger partial charge in [0.2, 0.25) is 0 Å². The lowest BCUT2D eigenvalue weighted by molar-refractivity contribution is -0.114. The van der Waals surface area contributed by atoms with Gasteiger partial charge in [-0.15, -0.1) is 0 Å². The normalized spacial score (nSPS) is 18.2. The fourth-order valence-electron chi connectivity index (χ4n) is 6.62. The van der Waals surface area contributed by atoms with Crippen LogP contribution in [0.5, 0.6) is 0 Å². The van der Waals surface area contributed by atoms with Crippen molar-refractivity contribution in [2.24, 2.45) is 5.92 Å². The van der Waals surface area contributed by atoms with Crippen LogP contribution in [0.25, 0.3) is 27.7 Å². The molecule has 3 aliphatic heterocycles. The molecule has 9 nitrogen and oxygen atoms in total. The Balaban J connectivity index is 1.26. The molecule has 1 fully saturated rings. The number of benzene rings is 1. The molecule has 3 aliphatic rings. The predicted molar refractivity (Wildman–Crippen MR) is 151 cm³/mol. The summed E-state index contributed by atoms with van der Waals surface area (Å²) in [4.78, 5) is 35.0. The number of carbonyl (C=O) groups is 2. The molecule has 10 heteroatoms. The van der Waals surface area contributed by atoms with Gasteiger partial charge in [-0.25, -0.2) is 14.2 Å². The number of aromatic nitrogens is 3. The highest BCUT2D eigenvalue weighted by molar-refractivity contribution is 6.32. The summed E-state index contributed by atoms with van der Waals surface area (Å²) in [5.74, 6) is 0.0352. The minimum atomic E-state index is -0.376. The van der Waals surface area contributed by atoms with E-state index < -0.39 is 0 Å². The Hall–Kier alpha value is -4.18. The van der Waals surface area contributed by atoms with Crippen molar-refractivity contribution in [1.29, 1.82) is 0 Å². The average molecular weight is 542 g/mol. The summed E-state index contributed by atoms with van der Waals surface area (Å²) >= 11 is 0. The van der Waals surface area contributed by atoms with Crippen molar-refractivity contribution >= 4 is 39.6 Å². The number of likely N-dealkylation sites (tertiary alicyclic amines) is 1. The third-order valence-electron chi connectivity index (χ3n) is 8.59. The molecule has 1 aromatic carbocycles. The summed E-state index contributed by atoms with van der Waals surface area (Å²) in [5, 5.41) is 6.90. The zero-order valence-corrected chi connectivity index (χ0v) is 22.5. The van der Waals surface area contributed by atoms with E-state index in [4.69, 9.17) is 0 Å². The van der Waals surface area contributed by atoms with E-state index in [2.05, 4.69) is 20.2 Å². The number of piperidine rings is 1. The van der Waals surface area contributed by atoms with Gasteiger partial charge in [0.05, 0.1) is 23.0 Å². The number of nitrogens with zero attached hydrogens (tertiary/aromatic N) is 5. The number of imidazole rings is 1. The number of urea groups is 1. The highest BCUT2D eigenvalue weighted by Gasteiger charge is 2.32. The molecule has 1 saturated heterocycles. The number of rotatable bonds is 4. The Labute approximate surface area is 231 Å². The van der Waals surface area contributed by atoms with E-state index in [9.17, 15) is 9.59 Å². The largest absolute Gasteiger partial charge is 0.348 e. The molecule has 40 heavy (non-hydrogen) atoms. The molecule has 0 unspecified atom stereocenters. The van der Waals surface area contributed by atoms with Gasteiger partial charge < -0.3 is 25.0 Å². The molecule has 0 atom stereocenters. The first-order valence-electron chi connectivity index (χ1n) is 14.0. The van der Waals surface area contributed by atoms with Crippen LogP contribution in [0.3, 0.4) is 0 Å². The number of carbonyl (C=O) groups excluding carboxylic acids is 2. The lowest BCUT2D eigenvalue weighted by Gasteiger charge is -2.35. The number of nitrogens with one attached hydrogen (secondary N) is 2. The fourth-order valence-corrected chi connectivity index (χ4v) is 6.62. The molecule has 0 bridgehead atoms. The maximum absolute atomic E-state index is 15.1. The van der Waals surface area contributed by atoms with E-state index in [1.807, 2.05) is 51.8 Å². The van der Waals surface area contributed by atoms with Gasteiger partial charge in [-0.05, 0) is 62.2 Å². The van der Waals surface area contributed by atoms with Gasteiger partial charge in [-0.1, -0.05) is 6.07 Å². The molecule has 0 radical (unpaired) electrons. The summed E-state index contributed by atoms with van der Waals surface area (Å²) < 4.78 is 19.2. The van der Waals surface area contributed by atoms with Crippen LogP contribution in [0, 0.1) is 11.7 Å². The third-order valence-corrected chi connectivity index (χ3v) is 8.59. The van der Waals surface area contributed by atoms with Crippen molar-refractivity contribution in [2.45, 2.75) is 25.9 Å². The highest BCUT2D eigenvalue weighted by Crippen LogP contribution is 2.38. The molecule has 2 N–H and O–H groups in total. The van der Waals surface area contributed by atoms with Crippen molar-refractivity contribution in [3.63, 3.8) is 0 Å². The first-order chi connectivity index (χ1) is 19.5. The first-order valence-corrected chi connectivity index (χ1v) is 14.0. The molecule has 0 saturated carbocycles. The quantitative estimate of drug-likeness (QED) is 0.415. The molecular weight excluding hydrogens is 509 g/mol. The highest BCUT2D eigenvalue weighted by atomic mass is 19.1.